The van der Waals surface area contributed by atoms with Gasteiger partial charge in [0.15, 0.2) is 0 Å². The maximum atomic E-state index is 12.5. The molecule has 0 N–H and O–H groups in total. The first-order chi connectivity index (χ1) is 7.74. The minimum atomic E-state index is 0.364. The van der Waals surface area contributed by atoms with E-state index < -0.39 is 0 Å². The zero-order valence-electron chi connectivity index (χ0n) is 10.3. The standard InChI is InChI=1S/C14H23NO/c1-10-3-2-4-12(7-10)14(16)15-9-11-5-6-13(15)8-11/h10-13H,2-9H2,1H3. The maximum absolute atomic E-state index is 12.5. The van der Waals surface area contributed by atoms with Gasteiger partial charge in [-0.3, -0.25) is 4.79 Å². The molecule has 2 aliphatic carbocycles. The molecule has 0 aromatic rings. The molecule has 0 aromatic heterocycles. The van der Waals surface area contributed by atoms with Crippen molar-refractivity contribution in [3.8, 4) is 0 Å². The normalized spacial score (nSPS) is 42.7. The van der Waals surface area contributed by atoms with Crippen LogP contribution in [-0.2, 0) is 4.79 Å². The Morgan fingerprint density at radius 1 is 1.12 bits per heavy atom. The quantitative estimate of drug-likeness (QED) is 0.666. The number of carbonyl (C=O) groups is 1. The molecule has 2 bridgehead atoms. The summed E-state index contributed by atoms with van der Waals surface area (Å²) in [7, 11) is 0. The largest absolute Gasteiger partial charge is 0.339 e. The van der Waals surface area contributed by atoms with Crippen LogP contribution in [0.2, 0.25) is 0 Å². The highest BCUT2D eigenvalue weighted by Gasteiger charge is 2.42. The third-order valence-electron chi connectivity index (χ3n) is 4.98. The number of piperidine rings is 1. The summed E-state index contributed by atoms with van der Waals surface area (Å²) in [5.74, 6) is 2.47. The number of hydrogen-bond acceptors (Lipinski definition) is 1. The minimum Gasteiger partial charge on any atom is -0.339 e. The molecule has 1 saturated heterocycles. The van der Waals surface area contributed by atoms with E-state index in [1.165, 1.54) is 32.1 Å². The molecule has 1 amide bonds. The van der Waals surface area contributed by atoms with Gasteiger partial charge in [0.05, 0.1) is 0 Å². The Kier molecular flexibility index (Phi) is 2.68. The third-order valence-corrected chi connectivity index (χ3v) is 4.98. The summed E-state index contributed by atoms with van der Waals surface area (Å²) < 4.78 is 0. The number of likely N-dealkylation sites (tertiary alicyclic amines) is 1. The van der Waals surface area contributed by atoms with Gasteiger partial charge in [0.1, 0.15) is 0 Å². The van der Waals surface area contributed by atoms with Gasteiger partial charge >= 0.3 is 0 Å². The molecule has 0 spiro atoms. The molecule has 0 radical (unpaired) electrons. The van der Waals surface area contributed by atoms with Crippen molar-refractivity contribution in [2.45, 2.75) is 57.9 Å². The highest BCUT2D eigenvalue weighted by atomic mass is 16.2. The highest BCUT2D eigenvalue weighted by Crippen LogP contribution is 2.40. The number of amides is 1. The number of hydrogen-bond donors (Lipinski definition) is 0. The van der Waals surface area contributed by atoms with Crippen molar-refractivity contribution in [3.63, 3.8) is 0 Å². The molecular formula is C14H23NO. The summed E-state index contributed by atoms with van der Waals surface area (Å²) in [5, 5.41) is 0. The average Bonchev–Trinajstić information content (AvgIpc) is 2.89. The topological polar surface area (TPSA) is 20.3 Å². The Balaban J connectivity index is 1.64. The third kappa shape index (κ3) is 1.76. The second-order valence-corrected chi connectivity index (χ2v) is 6.29. The average molecular weight is 221 g/mol. The van der Waals surface area contributed by atoms with Crippen LogP contribution in [0.25, 0.3) is 0 Å². The van der Waals surface area contributed by atoms with Crippen molar-refractivity contribution >= 4 is 5.91 Å². The van der Waals surface area contributed by atoms with Crippen LogP contribution in [0.1, 0.15) is 51.9 Å². The van der Waals surface area contributed by atoms with Crippen molar-refractivity contribution in [1.29, 1.82) is 0 Å². The van der Waals surface area contributed by atoms with Crippen molar-refractivity contribution in [3.05, 3.63) is 0 Å². The molecule has 1 heterocycles. The minimum absolute atomic E-state index is 0.364. The van der Waals surface area contributed by atoms with Crippen LogP contribution >= 0.6 is 0 Å². The predicted molar refractivity (Wildman–Crippen MR) is 64.0 cm³/mol. The van der Waals surface area contributed by atoms with Crippen molar-refractivity contribution in [2.24, 2.45) is 17.8 Å². The molecule has 4 atom stereocenters. The molecule has 2 saturated carbocycles. The van der Waals surface area contributed by atoms with Crippen LogP contribution in [0.5, 0.6) is 0 Å². The van der Waals surface area contributed by atoms with E-state index in [9.17, 15) is 4.79 Å². The molecule has 90 valence electrons. The predicted octanol–water partition coefficient (Wildman–Crippen LogP) is 2.82. The molecule has 4 unspecified atom stereocenters. The summed E-state index contributed by atoms with van der Waals surface area (Å²) >= 11 is 0. The first kappa shape index (κ1) is 10.6. The summed E-state index contributed by atoms with van der Waals surface area (Å²) in [4.78, 5) is 14.7. The second kappa shape index (κ2) is 4.05. The number of carbonyl (C=O) groups excluding carboxylic acids is 1. The Bertz CT molecular complexity index is 288. The molecule has 3 fully saturated rings. The molecule has 0 aromatic carbocycles. The van der Waals surface area contributed by atoms with E-state index >= 15 is 0 Å². The van der Waals surface area contributed by atoms with Gasteiger partial charge < -0.3 is 4.90 Å². The van der Waals surface area contributed by atoms with Crippen LogP contribution in [-0.4, -0.2) is 23.4 Å². The molecule has 3 rings (SSSR count). The SMILES string of the molecule is CC1CCCC(C(=O)N2CC3CCC2C3)C1. The molecule has 2 nitrogen and oxygen atoms in total. The van der Waals surface area contributed by atoms with Crippen LogP contribution < -0.4 is 0 Å². The molecule has 16 heavy (non-hydrogen) atoms. The fourth-order valence-corrected chi connectivity index (χ4v) is 4.09. The van der Waals surface area contributed by atoms with Gasteiger partial charge in [0.25, 0.3) is 0 Å². The highest BCUT2D eigenvalue weighted by molar-refractivity contribution is 5.79. The van der Waals surface area contributed by atoms with E-state index in [-0.39, 0.29) is 0 Å². The maximum Gasteiger partial charge on any atom is 0.225 e. The summed E-state index contributed by atoms with van der Waals surface area (Å²) in [6.07, 6.45) is 8.83. The number of nitrogens with zero attached hydrogens (tertiary/aromatic N) is 1. The van der Waals surface area contributed by atoms with Crippen molar-refractivity contribution < 1.29 is 4.79 Å². The molecule has 2 heteroatoms. The van der Waals surface area contributed by atoms with Gasteiger partial charge in [-0.05, 0) is 43.9 Å². The smallest absolute Gasteiger partial charge is 0.225 e. The number of fused-ring (bicyclic) bond motifs is 2. The lowest BCUT2D eigenvalue weighted by Crippen LogP contribution is -2.42. The first-order valence-corrected chi connectivity index (χ1v) is 7.04. The fourth-order valence-electron chi connectivity index (χ4n) is 4.09. The lowest BCUT2D eigenvalue weighted by molar-refractivity contribution is -0.138. The van der Waals surface area contributed by atoms with Crippen LogP contribution in [0.3, 0.4) is 0 Å². The van der Waals surface area contributed by atoms with Gasteiger partial charge in [-0.15, -0.1) is 0 Å². The van der Waals surface area contributed by atoms with Gasteiger partial charge in [-0.1, -0.05) is 19.8 Å². The van der Waals surface area contributed by atoms with Crippen LogP contribution in [0, 0.1) is 17.8 Å². The summed E-state index contributed by atoms with van der Waals surface area (Å²) in [6, 6.07) is 0.620. The van der Waals surface area contributed by atoms with E-state index in [0.29, 0.717) is 17.9 Å². The first-order valence-electron chi connectivity index (χ1n) is 7.04. The van der Waals surface area contributed by atoms with E-state index in [1.807, 2.05) is 0 Å². The zero-order valence-corrected chi connectivity index (χ0v) is 10.3. The summed E-state index contributed by atoms with van der Waals surface area (Å²) in [5.41, 5.74) is 0. The lowest BCUT2D eigenvalue weighted by atomic mass is 9.81. The Morgan fingerprint density at radius 2 is 2.00 bits per heavy atom. The molecular weight excluding hydrogens is 198 g/mol. The second-order valence-electron chi connectivity index (χ2n) is 6.29. The van der Waals surface area contributed by atoms with Crippen LogP contribution in [0.4, 0.5) is 0 Å². The molecule has 1 aliphatic heterocycles. The van der Waals surface area contributed by atoms with Crippen molar-refractivity contribution in [2.75, 3.05) is 6.54 Å². The van der Waals surface area contributed by atoms with Crippen LogP contribution in [0.15, 0.2) is 0 Å². The van der Waals surface area contributed by atoms with Gasteiger partial charge in [0.2, 0.25) is 5.91 Å². The Hall–Kier alpha value is -0.530. The Labute approximate surface area is 98.4 Å². The van der Waals surface area contributed by atoms with E-state index in [0.717, 1.165) is 31.2 Å². The lowest BCUT2D eigenvalue weighted by Gasteiger charge is -2.33. The van der Waals surface area contributed by atoms with Gasteiger partial charge in [-0.2, -0.15) is 0 Å². The van der Waals surface area contributed by atoms with E-state index in [2.05, 4.69) is 11.8 Å². The van der Waals surface area contributed by atoms with Crippen molar-refractivity contribution in [1.82, 2.24) is 4.90 Å². The van der Waals surface area contributed by atoms with Gasteiger partial charge in [-0.25, -0.2) is 0 Å². The Morgan fingerprint density at radius 3 is 2.62 bits per heavy atom. The summed E-state index contributed by atoms with van der Waals surface area (Å²) in [6.45, 7) is 3.38. The van der Waals surface area contributed by atoms with E-state index in [4.69, 9.17) is 0 Å². The van der Waals surface area contributed by atoms with E-state index in [1.54, 1.807) is 0 Å². The fraction of sp³-hybridized carbons (Fsp3) is 0.929. The molecule has 3 aliphatic rings. The number of rotatable bonds is 1. The zero-order chi connectivity index (χ0) is 11.1. The monoisotopic (exact) mass is 221 g/mol. The van der Waals surface area contributed by atoms with Gasteiger partial charge in [0, 0.05) is 18.5 Å².